The van der Waals surface area contributed by atoms with E-state index in [1.165, 1.54) is 0 Å². The van der Waals surface area contributed by atoms with Crippen LogP contribution in [-0.2, 0) is 7.05 Å². The summed E-state index contributed by atoms with van der Waals surface area (Å²) in [5, 5.41) is 0. The van der Waals surface area contributed by atoms with Crippen molar-refractivity contribution < 1.29 is 0 Å². The van der Waals surface area contributed by atoms with Gasteiger partial charge in [-0.2, -0.15) is 0 Å². The quantitative estimate of drug-likeness (QED) is 0.524. The van der Waals surface area contributed by atoms with Crippen LogP contribution in [0, 0.1) is 4.77 Å². The predicted molar refractivity (Wildman–Crippen MR) is 57.3 cm³/mol. The van der Waals surface area contributed by atoms with Crippen LogP contribution in [0.25, 0.3) is 0 Å². The maximum atomic E-state index is 5.25. The van der Waals surface area contributed by atoms with Crippen LogP contribution in [0.5, 0.6) is 0 Å². The number of imidazole rings is 1. The zero-order valence-corrected chi connectivity index (χ0v) is 9.56. The first-order valence-electron chi connectivity index (χ1n) is 3.87. The van der Waals surface area contributed by atoms with Crippen molar-refractivity contribution in [2.24, 2.45) is 7.05 Å². The highest BCUT2D eigenvalue weighted by Crippen LogP contribution is 2.09. The summed E-state index contributed by atoms with van der Waals surface area (Å²) in [6.45, 7) is 8.28. The van der Waals surface area contributed by atoms with Gasteiger partial charge in [0.2, 0.25) is 0 Å². The molecule has 2 nitrogen and oxygen atoms in total. The van der Waals surface area contributed by atoms with E-state index < -0.39 is 8.24 Å². The Bertz CT molecular complexity index is 348. The van der Waals surface area contributed by atoms with Crippen molar-refractivity contribution in [2.75, 3.05) is 0 Å². The molecule has 0 N–H and O–H groups in total. The van der Waals surface area contributed by atoms with Gasteiger partial charge in [0.05, 0.1) is 0 Å². The smallest absolute Gasteiger partial charge is 0.182 e. The van der Waals surface area contributed by atoms with E-state index in [9.17, 15) is 0 Å². The van der Waals surface area contributed by atoms with Gasteiger partial charge in [-0.05, 0) is 25.3 Å². The first kappa shape index (κ1) is 9.47. The third-order valence-electron chi connectivity index (χ3n) is 2.07. The lowest BCUT2D eigenvalue weighted by atomic mass is 10.9. The second-order valence-corrected chi connectivity index (χ2v) is 7.98. The molecule has 1 aromatic heterocycles. The van der Waals surface area contributed by atoms with Gasteiger partial charge in [0, 0.05) is 19.4 Å². The van der Waals surface area contributed by atoms with Crippen molar-refractivity contribution in [1.82, 2.24) is 8.80 Å². The second kappa shape index (κ2) is 3.03. The van der Waals surface area contributed by atoms with Crippen molar-refractivity contribution in [3.8, 4) is 0 Å². The van der Waals surface area contributed by atoms with E-state index in [-0.39, 0.29) is 0 Å². The number of hydrogen-bond acceptors (Lipinski definition) is 1. The number of aromatic nitrogens is 2. The van der Waals surface area contributed by atoms with E-state index in [4.69, 9.17) is 12.2 Å². The topological polar surface area (TPSA) is 9.86 Å². The van der Waals surface area contributed by atoms with Crippen molar-refractivity contribution in [3.05, 3.63) is 29.4 Å². The Morgan fingerprint density at radius 1 is 1.50 bits per heavy atom. The van der Waals surface area contributed by atoms with E-state index in [0.717, 1.165) is 4.77 Å². The van der Waals surface area contributed by atoms with Crippen molar-refractivity contribution in [3.63, 3.8) is 0 Å². The average molecular weight is 198 g/mol. The molecule has 1 rings (SSSR count). The van der Waals surface area contributed by atoms with E-state index in [1.807, 2.05) is 29.7 Å². The number of rotatable bonds is 2. The van der Waals surface area contributed by atoms with Gasteiger partial charge in [-0.3, -0.25) is 0 Å². The molecule has 0 aliphatic heterocycles. The van der Waals surface area contributed by atoms with E-state index in [0.29, 0.717) is 0 Å². The third kappa shape index (κ3) is 1.44. The SMILES string of the molecule is C=C[Si](C)(C)n1ccn(C)c1=S. The molecular weight excluding hydrogens is 184 g/mol. The Morgan fingerprint density at radius 2 is 2.08 bits per heavy atom. The fraction of sp³-hybridized carbons (Fsp3) is 0.375. The molecule has 4 heteroatoms. The first-order chi connectivity index (χ1) is 5.49. The summed E-state index contributed by atoms with van der Waals surface area (Å²) < 4.78 is 5.00. The molecule has 0 amide bonds. The summed E-state index contributed by atoms with van der Waals surface area (Å²) in [6.07, 6.45) is 4.02. The van der Waals surface area contributed by atoms with Gasteiger partial charge in [0.15, 0.2) is 13.0 Å². The Kier molecular flexibility index (Phi) is 2.39. The summed E-state index contributed by atoms with van der Waals surface area (Å²) in [4.78, 5) is 0. The fourth-order valence-corrected chi connectivity index (χ4v) is 3.13. The number of hydrogen-bond donors (Lipinski definition) is 0. The predicted octanol–water partition coefficient (Wildman–Crippen LogP) is 2.33. The van der Waals surface area contributed by atoms with Crippen LogP contribution >= 0.6 is 12.2 Å². The van der Waals surface area contributed by atoms with Gasteiger partial charge in [0.1, 0.15) is 0 Å². The lowest BCUT2D eigenvalue weighted by molar-refractivity contribution is 0.876. The summed E-state index contributed by atoms with van der Waals surface area (Å²) >= 11 is 5.25. The Hall–Kier alpha value is -0.613. The third-order valence-corrected chi connectivity index (χ3v) is 5.32. The number of nitrogens with zero attached hydrogens (tertiary/aromatic N) is 2. The highest BCUT2D eigenvalue weighted by atomic mass is 32.1. The molecule has 0 saturated heterocycles. The highest BCUT2D eigenvalue weighted by molar-refractivity contribution is 7.71. The van der Waals surface area contributed by atoms with Gasteiger partial charge in [-0.25, -0.2) is 0 Å². The standard InChI is InChI=1S/C8H14N2SSi/c1-5-12(3,4)10-7-6-9(2)8(10)11/h5-7H,1H2,2-4H3. The van der Waals surface area contributed by atoms with Gasteiger partial charge < -0.3 is 8.80 Å². The molecule has 1 aromatic rings. The summed E-state index contributed by atoms with van der Waals surface area (Å²) in [6, 6.07) is 0. The van der Waals surface area contributed by atoms with Gasteiger partial charge in [-0.1, -0.05) is 5.70 Å². The van der Waals surface area contributed by atoms with E-state index >= 15 is 0 Å². The molecule has 0 saturated carbocycles. The molecule has 0 spiro atoms. The monoisotopic (exact) mass is 198 g/mol. The molecule has 0 aliphatic carbocycles. The molecule has 0 aliphatic rings. The van der Waals surface area contributed by atoms with Crippen LogP contribution in [0.3, 0.4) is 0 Å². The Morgan fingerprint density at radius 3 is 2.42 bits per heavy atom. The average Bonchev–Trinajstić information content (AvgIpc) is 2.33. The van der Waals surface area contributed by atoms with Crippen LogP contribution in [0.15, 0.2) is 24.7 Å². The van der Waals surface area contributed by atoms with Gasteiger partial charge in [-0.15, -0.1) is 6.58 Å². The molecule has 0 bridgehead atoms. The minimum Gasteiger partial charge on any atom is -0.348 e. The molecule has 66 valence electrons. The maximum Gasteiger partial charge on any atom is 0.182 e. The van der Waals surface area contributed by atoms with Crippen LogP contribution < -0.4 is 0 Å². The van der Waals surface area contributed by atoms with E-state index in [1.54, 1.807) is 0 Å². The van der Waals surface area contributed by atoms with Crippen molar-refractivity contribution in [1.29, 1.82) is 0 Å². The fourth-order valence-electron chi connectivity index (χ4n) is 1.00. The molecule has 0 unspecified atom stereocenters. The maximum absolute atomic E-state index is 5.25. The van der Waals surface area contributed by atoms with Crippen molar-refractivity contribution >= 4 is 20.5 Å². The zero-order chi connectivity index (χ0) is 9.35. The minimum absolute atomic E-state index is 0.881. The summed E-state index contributed by atoms with van der Waals surface area (Å²) in [7, 11) is 0.443. The second-order valence-electron chi connectivity index (χ2n) is 3.42. The molecular formula is C8H14N2SSi. The van der Waals surface area contributed by atoms with Crippen LogP contribution in [0.1, 0.15) is 0 Å². The zero-order valence-electron chi connectivity index (χ0n) is 7.74. The summed E-state index contributed by atoms with van der Waals surface area (Å²) in [5.74, 6) is 0. The number of aryl methyl sites for hydroxylation is 1. The van der Waals surface area contributed by atoms with Crippen LogP contribution in [0.4, 0.5) is 0 Å². The highest BCUT2D eigenvalue weighted by Gasteiger charge is 2.19. The lowest BCUT2D eigenvalue weighted by Crippen LogP contribution is -2.33. The lowest BCUT2D eigenvalue weighted by Gasteiger charge is -2.18. The molecule has 0 radical (unpaired) electrons. The first-order valence-corrected chi connectivity index (χ1v) is 7.30. The minimum atomic E-state index is -1.52. The molecule has 1 heterocycles. The molecule has 12 heavy (non-hydrogen) atoms. The molecule has 0 fully saturated rings. The largest absolute Gasteiger partial charge is 0.348 e. The summed E-state index contributed by atoms with van der Waals surface area (Å²) in [5.41, 5.74) is 2.03. The molecule has 0 aromatic carbocycles. The van der Waals surface area contributed by atoms with Crippen LogP contribution in [-0.4, -0.2) is 17.0 Å². The van der Waals surface area contributed by atoms with Gasteiger partial charge >= 0.3 is 0 Å². The molecule has 0 atom stereocenters. The van der Waals surface area contributed by atoms with Crippen molar-refractivity contribution in [2.45, 2.75) is 13.1 Å². The Balaban J connectivity index is 3.29. The normalized spacial score (nSPS) is 11.6. The van der Waals surface area contributed by atoms with Gasteiger partial charge in [0.25, 0.3) is 0 Å². The Labute approximate surface area is 79.2 Å². The van der Waals surface area contributed by atoms with Crippen LogP contribution in [0.2, 0.25) is 13.1 Å². The van der Waals surface area contributed by atoms with E-state index in [2.05, 4.69) is 23.9 Å².